The second-order valence-corrected chi connectivity index (χ2v) is 7.68. The topological polar surface area (TPSA) is 57.6 Å². The maximum atomic E-state index is 13.8. The van der Waals surface area contributed by atoms with E-state index in [0.717, 1.165) is 19.3 Å². The van der Waals surface area contributed by atoms with Crippen molar-refractivity contribution in [3.05, 3.63) is 29.1 Å². The molecule has 2 atom stereocenters. The summed E-state index contributed by atoms with van der Waals surface area (Å²) in [6, 6.07) is 2.45. The number of aryl methyl sites for hydroxylation is 1. The van der Waals surface area contributed by atoms with Crippen LogP contribution in [0.15, 0.2) is 17.0 Å². The number of aliphatic hydroxyl groups is 1. The summed E-state index contributed by atoms with van der Waals surface area (Å²) < 4.78 is 41.0. The van der Waals surface area contributed by atoms with Gasteiger partial charge in [0.25, 0.3) is 0 Å². The van der Waals surface area contributed by atoms with Gasteiger partial charge in [-0.15, -0.1) is 0 Å². The zero-order chi connectivity index (χ0) is 15.8. The first kappa shape index (κ1) is 16.4. The standard InChI is InChI=1S/C15H22FNO3S/c1-10-7-14(8-13(9-18)15(10)16)21(19,20)17-11(2)5-4-6-12(17)3/h7-8,11-12,18H,4-6,9H2,1-3H3. The van der Waals surface area contributed by atoms with E-state index >= 15 is 0 Å². The van der Waals surface area contributed by atoms with E-state index < -0.39 is 22.4 Å². The Bertz CT molecular complexity index is 620. The third-order valence-corrected chi connectivity index (χ3v) is 6.27. The summed E-state index contributed by atoms with van der Waals surface area (Å²) in [4.78, 5) is 0.0612. The van der Waals surface area contributed by atoms with Gasteiger partial charge in [-0.25, -0.2) is 12.8 Å². The van der Waals surface area contributed by atoms with E-state index in [1.807, 2.05) is 13.8 Å². The zero-order valence-electron chi connectivity index (χ0n) is 12.6. The number of hydrogen-bond donors (Lipinski definition) is 1. The van der Waals surface area contributed by atoms with Gasteiger partial charge in [-0.1, -0.05) is 6.42 Å². The first-order chi connectivity index (χ1) is 9.78. The molecular weight excluding hydrogens is 293 g/mol. The molecule has 1 aromatic rings. The number of rotatable bonds is 3. The first-order valence-electron chi connectivity index (χ1n) is 7.22. The van der Waals surface area contributed by atoms with Crippen molar-refractivity contribution in [1.82, 2.24) is 4.31 Å². The Hall–Kier alpha value is -0.980. The van der Waals surface area contributed by atoms with Gasteiger partial charge < -0.3 is 5.11 Å². The molecule has 0 aromatic heterocycles. The van der Waals surface area contributed by atoms with Crippen LogP contribution in [0.1, 0.15) is 44.2 Å². The molecule has 0 radical (unpaired) electrons. The summed E-state index contributed by atoms with van der Waals surface area (Å²) in [5.74, 6) is -0.545. The molecule has 1 N–H and O–H groups in total. The Morgan fingerprint density at radius 3 is 2.38 bits per heavy atom. The minimum absolute atomic E-state index is 0.0193. The van der Waals surface area contributed by atoms with Gasteiger partial charge in [0.05, 0.1) is 11.5 Å². The highest BCUT2D eigenvalue weighted by atomic mass is 32.2. The Morgan fingerprint density at radius 1 is 1.29 bits per heavy atom. The molecule has 0 saturated carbocycles. The Labute approximate surface area is 125 Å². The zero-order valence-corrected chi connectivity index (χ0v) is 13.5. The minimum Gasteiger partial charge on any atom is -0.392 e. The fourth-order valence-corrected chi connectivity index (χ4v) is 5.08. The van der Waals surface area contributed by atoms with E-state index in [0.29, 0.717) is 0 Å². The Kier molecular flexibility index (Phi) is 4.70. The average Bonchev–Trinajstić information content (AvgIpc) is 2.41. The fraction of sp³-hybridized carbons (Fsp3) is 0.600. The molecule has 1 heterocycles. The number of piperidine rings is 1. The van der Waals surface area contributed by atoms with Gasteiger partial charge >= 0.3 is 0 Å². The molecule has 1 fully saturated rings. The van der Waals surface area contributed by atoms with Crippen molar-refractivity contribution in [2.75, 3.05) is 0 Å². The number of benzene rings is 1. The number of aliphatic hydroxyl groups excluding tert-OH is 1. The van der Waals surface area contributed by atoms with E-state index in [2.05, 4.69) is 0 Å². The van der Waals surface area contributed by atoms with Crippen molar-refractivity contribution in [3.8, 4) is 0 Å². The number of halogens is 1. The maximum Gasteiger partial charge on any atom is 0.243 e. The summed E-state index contributed by atoms with van der Waals surface area (Å²) in [7, 11) is -3.68. The highest BCUT2D eigenvalue weighted by Crippen LogP contribution is 2.30. The SMILES string of the molecule is Cc1cc(S(=O)(=O)N2C(C)CCCC2C)cc(CO)c1F. The molecule has 0 bridgehead atoms. The normalized spacial score (nSPS) is 24.2. The highest BCUT2D eigenvalue weighted by Gasteiger charge is 2.36. The molecule has 1 saturated heterocycles. The van der Waals surface area contributed by atoms with Crippen LogP contribution in [0.3, 0.4) is 0 Å². The predicted molar refractivity (Wildman–Crippen MR) is 78.9 cm³/mol. The summed E-state index contributed by atoms with van der Waals surface area (Å²) in [5.41, 5.74) is 0.253. The average molecular weight is 315 g/mol. The molecule has 1 aliphatic rings. The number of sulfonamides is 1. The Balaban J connectivity index is 2.51. The molecule has 2 unspecified atom stereocenters. The lowest BCUT2D eigenvalue weighted by Gasteiger charge is -2.37. The van der Waals surface area contributed by atoms with Crippen LogP contribution < -0.4 is 0 Å². The van der Waals surface area contributed by atoms with Gasteiger partial charge in [0.15, 0.2) is 0 Å². The fourth-order valence-electron chi connectivity index (χ4n) is 3.06. The molecular formula is C15H22FNO3S. The van der Waals surface area contributed by atoms with Crippen LogP contribution >= 0.6 is 0 Å². The van der Waals surface area contributed by atoms with Gasteiger partial charge in [0.1, 0.15) is 5.82 Å². The third-order valence-electron chi connectivity index (χ3n) is 4.16. The van der Waals surface area contributed by atoms with Crippen LogP contribution in [0.5, 0.6) is 0 Å². The molecule has 4 nitrogen and oxygen atoms in total. The second kappa shape index (κ2) is 6.02. The number of hydrogen-bond acceptors (Lipinski definition) is 3. The molecule has 21 heavy (non-hydrogen) atoms. The first-order valence-corrected chi connectivity index (χ1v) is 8.66. The largest absolute Gasteiger partial charge is 0.392 e. The van der Waals surface area contributed by atoms with E-state index in [9.17, 15) is 17.9 Å². The van der Waals surface area contributed by atoms with Crippen LogP contribution in [0.25, 0.3) is 0 Å². The molecule has 118 valence electrons. The van der Waals surface area contributed by atoms with Crippen molar-refractivity contribution >= 4 is 10.0 Å². The van der Waals surface area contributed by atoms with Gasteiger partial charge in [-0.05, 0) is 51.3 Å². The molecule has 6 heteroatoms. The van der Waals surface area contributed by atoms with Crippen LogP contribution in [0, 0.1) is 12.7 Å². The molecule has 1 aliphatic heterocycles. The smallest absolute Gasteiger partial charge is 0.243 e. The monoisotopic (exact) mass is 315 g/mol. The quantitative estimate of drug-likeness (QED) is 0.932. The van der Waals surface area contributed by atoms with Gasteiger partial charge in [-0.2, -0.15) is 4.31 Å². The van der Waals surface area contributed by atoms with Crippen molar-refractivity contribution in [3.63, 3.8) is 0 Å². The molecule has 0 spiro atoms. The van der Waals surface area contributed by atoms with Crippen molar-refractivity contribution in [1.29, 1.82) is 0 Å². The van der Waals surface area contributed by atoms with E-state index in [4.69, 9.17) is 0 Å². The lowest BCUT2D eigenvalue weighted by Crippen LogP contribution is -2.47. The number of nitrogens with zero attached hydrogens (tertiary/aromatic N) is 1. The summed E-state index contributed by atoms with van der Waals surface area (Å²) >= 11 is 0. The van der Waals surface area contributed by atoms with E-state index in [-0.39, 0.29) is 28.1 Å². The summed E-state index contributed by atoms with van der Waals surface area (Å²) in [6.45, 7) is 4.80. The van der Waals surface area contributed by atoms with Crippen LogP contribution in [0.4, 0.5) is 4.39 Å². The van der Waals surface area contributed by atoms with Crippen LogP contribution in [0.2, 0.25) is 0 Å². The van der Waals surface area contributed by atoms with E-state index in [1.165, 1.54) is 23.4 Å². The van der Waals surface area contributed by atoms with Crippen molar-refractivity contribution in [2.24, 2.45) is 0 Å². The van der Waals surface area contributed by atoms with Crippen LogP contribution in [-0.2, 0) is 16.6 Å². The second-order valence-electron chi connectivity index (χ2n) is 5.84. The van der Waals surface area contributed by atoms with Gasteiger partial charge in [-0.3, -0.25) is 0 Å². The molecule has 0 aliphatic carbocycles. The molecule has 0 amide bonds. The molecule has 1 aromatic carbocycles. The highest BCUT2D eigenvalue weighted by molar-refractivity contribution is 7.89. The Morgan fingerprint density at radius 2 is 1.86 bits per heavy atom. The van der Waals surface area contributed by atoms with Crippen molar-refractivity contribution < 1.29 is 17.9 Å². The third kappa shape index (κ3) is 2.98. The lowest BCUT2D eigenvalue weighted by molar-refractivity contribution is 0.204. The molecule has 2 rings (SSSR count). The lowest BCUT2D eigenvalue weighted by atomic mass is 10.0. The predicted octanol–water partition coefficient (Wildman–Crippen LogP) is 2.58. The van der Waals surface area contributed by atoms with Crippen LogP contribution in [-0.4, -0.2) is 29.9 Å². The maximum absolute atomic E-state index is 13.8. The van der Waals surface area contributed by atoms with Gasteiger partial charge in [0.2, 0.25) is 10.0 Å². The summed E-state index contributed by atoms with van der Waals surface area (Å²) in [5, 5.41) is 9.20. The summed E-state index contributed by atoms with van der Waals surface area (Å²) in [6.07, 6.45) is 2.67. The minimum atomic E-state index is -3.68. The van der Waals surface area contributed by atoms with Crippen molar-refractivity contribution in [2.45, 2.75) is 63.6 Å². The van der Waals surface area contributed by atoms with E-state index in [1.54, 1.807) is 0 Å². The van der Waals surface area contributed by atoms with Gasteiger partial charge in [0, 0.05) is 17.6 Å².